The van der Waals surface area contributed by atoms with Crippen molar-refractivity contribution in [1.29, 1.82) is 0 Å². The van der Waals surface area contributed by atoms with Crippen molar-refractivity contribution < 1.29 is 14.3 Å². The van der Waals surface area contributed by atoms with Crippen molar-refractivity contribution in [2.75, 3.05) is 33.9 Å². The van der Waals surface area contributed by atoms with E-state index in [1.165, 1.54) is 5.56 Å². The van der Waals surface area contributed by atoms with Gasteiger partial charge in [0.1, 0.15) is 5.75 Å². The highest BCUT2D eigenvalue weighted by Crippen LogP contribution is 2.26. The lowest BCUT2D eigenvalue weighted by Gasteiger charge is -2.27. The van der Waals surface area contributed by atoms with E-state index in [4.69, 9.17) is 9.47 Å². The average molecular weight is 318 g/mol. The number of likely N-dealkylation sites (tertiary alicyclic amines) is 2. The Morgan fingerprint density at radius 2 is 2.04 bits per heavy atom. The molecule has 2 saturated heterocycles. The second-order valence-electron chi connectivity index (χ2n) is 6.42. The quantitative estimate of drug-likeness (QED) is 0.832. The largest absolute Gasteiger partial charge is 0.497 e. The minimum Gasteiger partial charge on any atom is -0.497 e. The monoisotopic (exact) mass is 318 g/mol. The van der Waals surface area contributed by atoms with Crippen molar-refractivity contribution in [3.8, 4) is 5.75 Å². The Bertz CT molecular complexity index is 543. The van der Waals surface area contributed by atoms with E-state index < -0.39 is 0 Å². The van der Waals surface area contributed by atoms with Crippen LogP contribution in [0.3, 0.4) is 0 Å². The maximum absolute atomic E-state index is 12.8. The van der Waals surface area contributed by atoms with E-state index in [1.807, 2.05) is 23.1 Å². The van der Waals surface area contributed by atoms with Gasteiger partial charge in [-0.3, -0.25) is 9.69 Å². The zero-order valence-electron chi connectivity index (χ0n) is 14.0. The molecule has 0 aliphatic carbocycles. The fourth-order valence-electron chi connectivity index (χ4n) is 3.62. The normalized spacial score (nSPS) is 25.0. The lowest BCUT2D eigenvalue weighted by atomic mass is 10.1. The van der Waals surface area contributed by atoms with E-state index in [0.29, 0.717) is 0 Å². The lowest BCUT2D eigenvalue weighted by molar-refractivity contribution is -0.135. The zero-order chi connectivity index (χ0) is 16.2. The molecular formula is C18H26N2O3. The van der Waals surface area contributed by atoms with E-state index in [9.17, 15) is 4.79 Å². The Kier molecular flexibility index (Phi) is 5.18. The number of hydrogen-bond donors (Lipinski definition) is 0. The fraction of sp³-hybridized carbons (Fsp3) is 0.611. The van der Waals surface area contributed by atoms with Crippen molar-refractivity contribution >= 4 is 5.91 Å². The number of carbonyl (C=O) groups is 1. The van der Waals surface area contributed by atoms with E-state index in [0.717, 1.165) is 51.2 Å². The van der Waals surface area contributed by atoms with Crippen LogP contribution in [0.1, 0.15) is 24.8 Å². The van der Waals surface area contributed by atoms with Crippen LogP contribution in [0.2, 0.25) is 0 Å². The maximum atomic E-state index is 12.8. The van der Waals surface area contributed by atoms with Crippen LogP contribution >= 0.6 is 0 Å². The third-order valence-corrected chi connectivity index (χ3v) is 4.92. The Morgan fingerprint density at radius 1 is 1.26 bits per heavy atom. The molecule has 2 heterocycles. The molecular weight excluding hydrogens is 292 g/mol. The topological polar surface area (TPSA) is 42.0 Å². The summed E-state index contributed by atoms with van der Waals surface area (Å²) in [6, 6.07) is 8.00. The van der Waals surface area contributed by atoms with Crippen LogP contribution in [0.5, 0.6) is 5.75 Å². The third-order valence-electron chi connectivity index (χ3n) is 4.92. The van der Waals surface area contributed by atoms with Gasteiger partial charge >= 0.3 is 0 Å². The maximum Gasteiger partial charge on any atom is 0.240 e. The Balaban J connectivity index is 1.72. The van der Waals surface area contributed by atoms with Crippen molar-refractivity contribution in [1.82, 2.24) is 9.80 Å². The average Bonchev–Trinajstić information content (AvgIpc) is 3.24. The number of nitrogens with zero attached hydrogens (tertiary/aromatic N) is 2. The SMILES string of the molecule is COc1cccc(CN2C[C@@H](OC)C[C@H]2C(=O)N2CCCC2)c1. The number of rotatable bonds is 5. The van der Waals surface area contributed by atoms with Gasteiger partial charge in [0.25, 0.3) is 0 Å². The van der Waals surface area contributed by atoms with Gasteiger partial charge in [0, 0.05) is 33.3 Å². The Hall–Kier alpha value is -1.59. The van der Waals surface area contributed by atoms with E-state index >= 15 is 0 Å². The molecule has 3 rings (SSSR count). The van der Waals surface area contributed by atoms with Gasteiger partial charge in [-0.15, -0.1) is 0 Å². The number of ether oxygens (including phenoxy) is 2. The van der Waals surface area contributed by atoms with Gasteiger partial charge in [-0.2, -0.15) is 0 Å². The number of carbonyl (C=O) groups excluding carboxylic acids is 1. The Morgan fingerprint density at radius 3 is 2.74 bits per heavy atom. The van der Waals surface area contributed by atoms with Crippen LogP contribution < -0.4 is 4.74 Å². The molecule has 0 bridgehead atoms. The van der Waals surface area contributed by atoms with Gasteiger partial charge in [-0.05, 0) is 37.0 Å². The molecule has 2 fully saturated rings. The summed E-state index contributed by atoms with van der Waals surface area (Å²) in [5, 5.41) is 0. The van der Waals surface area contributed by atoms with Crippen molar-refractivity contribution in [2.45, 2.75) is 38.0 Å². The van der Waals surface area contributed by atoms with Crippen LogP contribution in [-0.4, -0.2) is 61.7 Å². The number of hydrogen-bond acceptors (Lipinski definition) is 4. The third kappa shape index (κ3) is 3.67. The van der Waals surface area contributed by atoms with Crippen molar-refractivity contribution in [3.63, 3.8) is 0 Å². The van der Waals surface area contributed by atoms with Crippen LogP contribution in [0.4, 0.5) is 0 Å². The molecule has 5 nitrogen and oxygen atoms in total. The van der Waals surface area contributed by atoms with Crippen LogP contribution in [0.15, 0.2) is 24.3 Å². The first-order valence-corrected chi connectivity index (χ1v) is 8.40. The molecule has 2 aliphatic heterocycles. The standard InChI is InChI=1S/C18H26N2O3/c1-22-15-7-5-6-14(10-15)12-20-13-16(23-2)11-17(20)18(21)19-8-3-4-9-19/h5-7,10,16-17H,3-4,8-9,11-13H2,1-2H3/t16-,17-/m0/s1. The van der Waals surface area contributed by atoms with Gasteiger partial charge < -0.3 is 14.4 Å². The van der Waals surface area contributed by atoms with Gasteiger partial charge in [0.05, 0.1) is 19.3 Å². The predicted molar refractivity (Wildman–Crippen MR) is 88.4 cm³/mol. The summed E-state index contributed by atoms with van der Waals surface area (Å²) >= 11 is 0. The highest BCUT2D eigenvalue weighted by molar-refractivity contribution is 5.82. The first-order chi connectivity index (χ1) is 11.2. The summed E-state index contributed by atoms with van der Waals surface area (Å²) < 4.78 is 10.8. The minimum atomic E-state index is -0.0655. The second-order valence-corrected chi connectivity index (χ2v) is 6.42. The molecule has 0 saturated carbocycles. The van der Waals surface area contributed by atoms with Gasteiger partial charge in [-0.25, -0.2) is 0 Å². The smallest absolute Gasteiger partial charge is 0.240 e. The molecule has 0 unspecified atom stereocenters. The summed E-state index contributed by atoms with van der Waals surface area (Å²) in [5.74, 6) is 1.12. The predicted octanol–water partition coefficient (Wildman–Crippen LogP) is 1.91. The number of methoxy groups -OCH3 is 2. The summed E-state index contributed by atoms with van der Waals surface area (Å²) in [6.45, 7) is 3.36. The van der Waals surface area contributed by atoms with Crippen molar-refractivity contribution in [3.05, 3.63) is 29.8 Å². The summed E-state index contributed by atoms with van der Waals surface area (Å²) in [4.78, 5) is 17.1. The van der Waals surface area contributed by atoms with E-state index in [1.54, 1.807) is 14.2 Å². The van der Waals surface area contributed by atoms with Gasteiger partial charge in [0.15, 0.2) is 0 Å². The molecule has 23 heavy (non-hydrogen) atoms. The lowest BCUT2D eigenvalue weighted by Crippen LogP contribution is -2.44. The summed E-state index contributed by atoms with van der Waals surface area (Å²) in [6.07, 6.45) is 3.18. The van der Waals surface area contributed by atoms with Crippen molar-refractivity contribution in [2.24, 2.45) is 0 Å². The fourth-order valence-corrected chi connectivity index (χ4v) is 3.62. The minimum absolute atomic E-state index is 0.0655. The number of amides is 1. The highest BCUT2D eigenvalue weighted by atomic mass is 16.5. The molecule has 0 radical (unpaired) electrons. The van der Waals surface area contributed by atoms with E-state index in [-0.39, 0.29) is 18.1 Å². The molecule has 1 aromatic carbocycles. The Labute approximate surface area is 138 Å². The molecule has 0 aromatic heterocycles. The molecule has 0 spiro atoms. The first-order valence-electron chi connectivity index (χ1n) is 8.40. The molecule has 5 heteroatoms. The molecule has 126 valence electrons. The summed E-state index contributed by atoms with van der Waals surface area (Å²) in [5.41, 5.74) is 1.17. The molecule has 2 aliphatic rings. The molecule has 1 aromatic rings. The number of benzene rings is 1. The molecule has 0 N–H and O–H groups in total. The van der Waals surface area contributed by atoms with Gasteiger partial charge in [-0.1, -0.05) is 12.1 Å². The van der Waals surface area contributed by atoms with Crippen LogP contribution in [0.25, 0.3) is 0 Å². The zero-order valence-corrected chi connectivity index (χ0v) is 14.0. The highest BCUT2D eigenvalue weighted by Gasteiger charge is 2.39. The first kappa shape index (κ1) is 16.3. The second kappa shape index (κ2) is 7.32. The van der Waals surface area contributed by atoms with Crippen LogP contribution in [-0.2, 0) is 16.1 Å². The molecule has 2 atom stereocenters. The van der Waals surface area contributed by atoms with Gasteiger partial charge in [0.2, 0.25) is 5.91 Å². The molecule has 1 amide bonds. The van der Waals surface area contributed by atoms with Crippen LogP contribution in [0, 0.1) is 0 Å². The van der Waals surface area contributed by atoms with E-state index in [2.05, 4.69) is 11.0 Å². The summed E-state index contributed by atoms with van der Waals surface area (Å²) in [7, 11) is 3.41.